The molecular formula is C28H34N6O3S. The molecule has 0 radical (unpaired) electrons. The first-order chi connectivity index (χ1) is 18.5. The van der Waals surface area contributed by atoms with E-state index in [1.807, 2.05) is 65.6 Å². The highest BCUT2D eigenvalue weighted by Crippen LogP contribution is 2.26. The van der Waals surface area contributed by atoms with Crippen LogP contribution in [0.2, 0.25) is 0 Å². The number of hydrogen-bond acceptors (Lipinski definition) is 7. The molecule has 9 nitrogen and oxygen atoms in total. The molecular weight excluding hydrogens is 500 g/mol. The third kappa shape index (κ3) is 6.38. The van der Waals surface area contributed by atoms with Crippen LogP contribution in [0, 0.1) is 0 Å². The molecule has 2 aromatic heterocycles. The third-order valence-corrected chi connectivity index (χ3v) is 8.99. The van der Waals surface area contributed by atoms with Crippen LogP contribution in [0.4, 0.5) is 0 Å². The molecule has 1 saturated heterocycles. The smallest absolute Gasteiger partial charge is 0.214 e. The van der Waals surface area contributed by atoms with Crippen molar-refractivity contribution in [2.45, 2.75) is 38.3 Å². The molecule has 1 aliphatic heterocycles. The van der Waals surface area contributed by atoms with E-state index in [1.165, 1.54) is 5.56 Å². The van der Waals surface area contributed by atoms with Crippen LogP contribution in [-0.2, 0) is 16.6 Å². The highest BCUT2D eigenvalue weighted by molar-refractivity contribution is 7.89. The fourth-order valence-corrected chi connectivity index (χ4v) is 6.39. The molecule has 0 unspecified atom stereocenters. The lowest BCUT2D eigenvalue weighted by atomic mass is 10.1. The topological polar surface area (TPSA) is 102 Å². The van der Waals surface area contributed by atoms with Crippen LogP contribution in [-0.4, -0.2) is 65.0 Å². The van der Waals surface area contributed by atoms with Gasteiger partial charge in [-0.3, -0.25) is 9.67 Å². The number of rotatable bonds is 11. The van der Waals surface area contributed by atoms with Crippen molar-refractivity contribution in [3.05, 3.63) is 72.7 Å². The first kappa shape index (κ1) is 26.3. The molecule has 0 atom stereocenters. The third-order valence-electron chi connectivity index (χ3n) is 7.03. The minimum absolute atomic E-state index is 0.172. The molecule has 38 heavy (non-hydrogen) atoms. The van der Waals surface area contributed by atoms with E-state index in [0.717, 1.165) is 60.4 Å². The van der Waals surface area contributed by atoms with Crippen LogP contribution < -0.4 is 10.1 Å². The van der Waals surface area contributed by atoms with E-state index < -0.39 is 10.0 Å². The van der Waals surface area contributed by atoms with Gasteiger partial charge in [-0.05, 0) is 62.1 Å². The maximum Gasteiger partial charge on any atom is 0.214 e. The molecule has 0 aliphatic carbocycles. The summed E-state index contributed by atoms with van der Waals surface area (Å²) in [5.74, 6) is 1.03. The van der Waals surface area contributed by atoms with Gasteiger partial charge in [0.1, 0.15) is 5.75 Å². The Morgan fingerprint density at radius 3 is 2.53 bits per heavy atom. The van der Waals surface area contributed by atoms with Crippen molar-refractivity contribution < 1.29 is 13.2 Å². The minimum atomic E-state index is -3.25. The summed E-state index contributed by atoms with van der Waals surface area (Å²) >= 11 is 0. The molecule has 200 valence electrons. The van der Waals surface area contributed by atoms with Crippen molar-refractivity contribution in [3.8, 4) is 17.0 Å². The van der Waals surface area contributed by atoms with Gasteiger partial charge in [-0.1, -0.05) is 24.3 Å². The van der Waals surface area contributed by atoms with Crippen molar-refractivity contribution in [2.75, 3.05) is 32.5 Å². The van der Waals surface area contributed by atoms with Crippen LogP contribution in [0.15, 0.2) is 67.1 Å². The highest BCUT2D eigenvalue weighted by atomic mass is 32.2. The number of piperidine rings is 1. The van der Waals surface area contributed by atoms with Gasteiger partial charge in [-0.2, -0.15) is 5.10 Å². The Balaban J connectivity index is 1.05. The van der Waals surface area contributed by atoms with Gasteiger partial charge in [0.25, 0.3) is 0 Å². The lowest BCUT2D eigenvalue weighted by Gasteiger charge is -2.31. The fraction of sp³-hybridized carbons (Fsp3) is 0.393. The zero-order valence-electron chi connectivity index (χ0n) is 21.7. The van der Waals surface area contributed by atoms with E-state index in [4.69, 9.17) is 9.72 Å². The van der Waals surface area contributed by atoms with Crippen LogP contribution >= 0.6 is 0 Å². The Bertz CT molecular complexity index is 1450. The Morgan fingerprint density at radius 1 is 1.00 bits per heavy atom. The summed E-state index contributed by atoms with van der Waals surface area (Å²) in [5.41, 5.74) is 4.59. The van der Waals surface area contributed by atoms with Gasteiger partial charge in [-0.15, -0.1) is 0 Å². The molecule has 1 aliphatic rings. The second-order valence-electron chi connectivity index (χ2n) is 9.63. The number of aromatic nitrogens is 4. The van der Waals surface area contributed by atoms with Gasteiger partial charge in [0, 0.05) is 31.4 Å². The standard InChI is InChI=1S/C28H34N6O3S/c1-37-25-10-8-22(9-11-25)18-29-14-4-5-17-38(35,36)33-15-12-24(13-16-33)34-21-23(19-31-34)28-20-30-26-6-2-3-7-27(26)32-28/h2-3,6-11,19-21,24,29H,4-5,12-18H2,1H3. The summed E-state index contributed by atoms with van der Waals surface area (Å²) in [6.45, 7) is 2.58. The van der Waals surface area contributed by atoms with Crippen molar-refractivity contribution in [1.29, 1.82) is 0 Å². The minimum Gasteiger partial charge on any atom is -0.497 e. The molecule has 1 N–H and O–H groups in total. The molecule has 0 bridgehead atoms. The van der Waals surface area contributed by atoms with Crippen molar-refractivity contribution in [3.63, 3.8) is 0 Å². The van der Waals surface area contributed by atoms with Gasteiger partial charge in [-0.25, -0.2) is 17.7 Å². The van der Waals surface area contributed by atoms with Crippen molar-refractivity contribution in [2.24, 2.45) is 0 Å². The molecule has 3 heterocycles. The average molecular weight is 535 g/mol. The monoisotopic (exact) mass is 534 g/mol. The number of nitrogens with zero attached hydrogens (tertiary/aromatic N) is 5. The zero-order chi connectivity index (χ0) is 26.4. The van der Waals surface area contributed by atoms with Gasteiger partial charge < -0.3 is 10.1 Å². The summed E-state index contributed by atoms with van der Waals surface area (Å²) < 4.78 is 34.6. The number of fused-ring (bicyclic) bond motifs is 1. The van der Waals surface area contributed by atoms with Crippen LogP contribution in [0.5, 0.6) is 5.75 Å². The van der Waals surface area contributed by atoms with Crippen LogP contribution in [0.1, 0.15) is 37.3 Å². The summed E-state index contributed by atoms with van der Waals surface area (Å²) in [7, 11) is -1.60. The fourth-order valence-electron chi connectivity index (χ4n) is 4.79. The lowest BCUT2D eigenvalue weighted by molar-refractivity contribution is 0.261. The Labute approximate surface area is 223 Å². The van der Waals surface area contributed by atoms with Crippen molar-refractivity contribution in [1.82, 2.24) is 29.4 Å². The molecule has 4 aromatic rings. The van der Waals surface area contributed by atoms with Gasteiger partial charge >= 0.3 is 0 Å². The molecule has 5 rings (SSSR count). The maximum atomic E-state index is 12.9. The zero-order valence-corrected chi connectivity index (χ0v) is 22.5. The predicted molar refractivity (Wildman–Crippen MR) is 148 cm³/mol. The van der Waals surface area contributed by atoms with E-state index in [1.54, 1.807) is 17.6 Å². The largest absolute Gasteiger partial charge is 0.497 e. The van der Waals surface area contributed by atoms with E-state index in [-0.39, 0.29) is 11.8 Å². The maximum absolute atomic E-state index is 12.9. The molecule has 2 aromatic carbocycles. The first-order valence-corrected chi connectivity index (χ1v) is 14.7. The second-order valence-corrected chi connectivity index (χ2v) is 11.7. The van der Waals surface area contributed by atoms with Crippen molar-refractivity contribution >= 4 is 21.1 Å². The lowest BCUT2D eigenvalue weighted by Crippen LogP contribution is -2.40. The number of methoxy groups -OCH3 is 1. The number of ether oxygens (including phenoxy) is 1. The number of nitrogens with one attached hydrogen (secondary N) is 1. The highest BCUT2D eigenvalue weighted by Gasteiger charge is 2.28. The molecule has 1 fully saturated rings. The SMILES string of the molecule is COc1ccc(CNCCCCS(=O)(=O)N2CCC(n3cc(-c4cnc5ccccc5n4)cn3)CC2)cc1. The second kappa shape index (κ2) is 12.0. The molecule has 0 saturated carbocycles. The first-order valence-electron chi connectivity index (χ1n) is 13.1. The Hall–Kier alpha value is -3.34. The van der Waals surface area contributed by atoms with Gasteiger partial charge in [0.05, 0.1) is 48.0 Å². The summed E-state index contributed by atoms with van der Waals surface area (Å²) in [4.78, 5) is 9.20. The van der Waals surface area contributed by atoms with E-state index in [9.17, 15) is 8.42 Å². The summed E-state index contributed by atoms with van der Waals surface area (Å²) in [6.07, 6.45) is 8.53. The van der Waals surface area contributed by atoms with E-state index >= 15 is 0 Å². The average Bonchev–Trinajstić information content (AvgIpc) is 3.45. The molecule has 10 heteroatoms. The number of sulfonamides is 1. The number of benzene rings is 2. The summed E-state index contributed by atoms with van der Waals surface area (Å²) in [5, 5.41) is 7.94. The number of unbranched alkanes of at least 4 members (excludes halogenated alkanes) is 1. The van der Waals surface area contributed by atoms with E-state index in [0.29, 0.717) is 19.5 Å². The number of hydrogen-bond donors (Lipinski definition) is 1. The molecule has 0 amide bonds. The molecule has 0 spiro atoms. The van der Waals surface area contributed by atoms with Gasteiger partial charge in [0.2, 0.25) is 10.0 Å². The van der Waals surface area contributed by atoms with E-state index in [2.05, 4.69) is 15.4 Å². The predicted octanol–water partition coefficient (Wildman–Crippen LogP) is 4.04. The Kier molecular flexibility index (Phi) is 8.31. The van der Waals surface area contributed by atoms with Crippen LogP contribution in [0.3, 0.4) is 0 Å². The number of para-hydroxylation sites is 2. The summed E-state index contributed by atoms with van der Waals surface area (Å²) in [6, 6.07) is 15.9. The van der Waals surface area contributed by atoms with Crippen LogP contribution in [0.25, 0.3) is 22.3 Å². The quantitative estimate of drug-likeness (QED) is 0.290. The Morgan fingerprint density at radius 2 is 1.76 bits per heavy atom. The normalized spacial score (nSPS) is 15.2. The van der Waals surface area contributed by atoms with Gasteiger partial charge in [0.15, 0.2) is 0 Å².